The second-order valence-corrected chi connectivity index (χ2v) is 0. The SMILES string of the molecule is [Ag].[Bi].[Cu].[Ge].[Sn]. The van der Waals surface area contributed by atoms with Crippen molar-refractivity contribution in [1.29, 1.82) is 0 Å². The molecule has 0 aromatic rings. The van der Waals surface area contributed by atoms with Crippen LogP contribution in [0, 0.1) is 0 Å². The largest absolute Gasteiger partial charge is 0 e. The van der Waals surface area contributed by atoms with Gasteiger partial charge in [-0.15, -0.1) is 0 Å². The first kappa shape index (κ1) is 39.1. The molecule has 5 heteroatoms. The van der Waals surface area contributed by atoms with E-state index < -0.39 is 0 Å². The molecule has 13 radical (unpaired) electrons. The van der Waals surface area contributed by atoms with Crippen LogP contribution in [-0.4, -0.2) is 67.7 Å². The van der Waals surface area contributed by atoms with Crippen LogP contribution < -0.4 is 0 Å². The van der Waals surface area contributed by atoms with Crippen LogP contribution in [0.2, 0.25) is 0 Å². The van der Waals surface area contributed by atoms with Crippen molar-refractivity contribution in [2.24, 2.45) is 0 Å². The summed E-state index contributed by atoms with van der Waals surface area (Å²) in [4.78, 5) is 0. The maximum Gasteiger partial charge on any atom is 0 e. The van der Waals surface area contributed by atoms with Crippen molar-refractivity contribution in [1.82, 2.24) is 0 Å². The molecule has 0 aliphatic carbocycles. The van der Waals surface area contributed by atoms with Crippen LogP contribution in [0.15, 0.2) is 0 Å². The second kappa shape index (κ2) is 25.9. The van der Waals surface area contributed by atoms with Gasteiger partial charge in [0.25, 0.3) is 0 Å². The molecule has 0 aromatic carbocycles. The van der Waals surface area contributed by atoms with Crippen molar-refractivity contribution in [2.45, 2.75) is 0 Å². The molecule has 35 valence electrons. The first-order valence-corrected chi connectivity index (χ1v) is 0. The topological polar surface area (TPSA) is 0 Å². The van der Waals surface area contributed by atoms with Gasteiger partial charge in [0.2, 0.25) is 0 Å². The molecule has 0 aromatic heterocycles. The van der Waals surface area contributed by atoms with Gasteiger partial charge < -0.3 is 0 Å². The maximum atomic E-state index is 0. The van der Waals surface area contributed by atoms with Gasteiger partial charge in [-0.25, -0.2) is 0 Å². The summed E-state index contributed by atoms with van der Waals surface area (Å²) in [5.74, 6) is 0. The van der Waals surface area contributed by atoms with E-state index >= 15 is 0 Å². The minimum Gasteiger partial charge on any atom is 0 e. The Balaban J connectivity index is 0. The summed E-state index contributed by atoms with van der Waals surface area (Å²) < 4.78 is 0. The van der Waals surface area contributed by atoms with E-state index in [1.54, 1.807) is 0 Å². The van der Waals surface area contributed by atoms with Crippen LogP contribution in [0.5, 0.6) is 0 Å². The minimum atomic E-state index is 0. The molecule has 0 atom stereocenters. The van der Waals surface area contributed by atoms with Crippen molar-refractivity contribution in [3.8, 4) is 0 Å². The first-order chi connectivity index (χ1) is 0. The zero-order chi connectivity index (χ0) is 0. The van der Waals surface area contributed by atoms with Gasteiger partial charge >= 0.3 is 0 Å². The average molecular weight is 572 g/mol. The molecule has 0 nitrogen and oxygen atoms in total. The molecule has 0 aliphatic heterocycles. The van der Waals surface area contributed by atoms with Gasteiger partial charge in [0.1, 0.15) is 0 Å². The summed E-state index contributed by atoms with van der Waals surface area (Å²) in [6.07, 6.45) is 0. The monoisotopic (exact) mass is 573 g/mol. The molecule has 0 bridgehead atoms. The molecule has 0 saturated heterocycles. The molecular formula is AgBiCuGeSn. The number of rotatable bonds is 0. The Kier molecular flexibility index (Phi) is 203. The van der Waals surface area contributed by atoms with E-state index in [4.69, 9.17) is 0 Å². The summed E-state index contributed by atoms with van der Waals surface area (Å²) in [6, 6.07) is 0. The third kappa shape index (κ3) is 18.5. The molecule has 0 unspecified atom stereocenters. The molecule has 0 aliphatic rings. The van der Waals surface area contributed by atoms with Crippen molar-refractivity contribution in [2.75, 3.05) is 0 Å². The predicted octanol–water partition coefficient (Wildman–Crippen LogP) is -1.15. The van der Waals surface area contributed by atoms with E-state index in [1.807, 2.05) is 0 Å². The zero-order valence-corrected chi connectivity index (χ0v) is 12.9. The van der Waals surface area contributed by atoms with E-state index in [0.717, 1.165) is 0 Å². The smallest absolute Gasteiger partial charge is 0 e. The Morgan fingerprint density at radius 2 is 1.00 bits per heavy atom. The third-order valence-corrected chi connectivity index (χ3v) is 0. The molecule has 5 heavy (non-hydrogen) atoms. The molecular weight excluding hydrogens is 572 g/mol. The fourth-order valence-corrected chi connectivity index (χ4v) is 0. The summed E-state index contributed by atoms with van der Waals surface area (Å²) in [6.45, 7) is 0. The number of hydrogen-bond acceptors (Lipinski definition) is 0. The van der Waals surface area contributed by atoms with Crippen molar-refractivity contribution < 1.29 is 39.4 Å². The quantitative estimate of drug-likeness (QED) is 0.323. The summed E-state index contributed by atoms with van der Waals surface area (Å²) in [5.41, 5.74) is 0. The van der Waals surface area contributed by atoms with Gasteiger partial charge in [-0.3, -0.25) is 0 Å². The van der Waals surface area contributed by atoms with Gasteiger partial charge in [0.15, 0.2) is 0 Å². The maximum absolute atomic E-state index is 0. The Morgan fingerprint density at radius 3 is 1.00 bits per heavy atom. The normalized spacial score (nSPS) is 0. The third-order valence-electron chi connectivity index (χ3n) is 0. The van der Waals surface area contributed by atoms with Crippen molar-refractivity contribution >= 4 is 67.7 Å². The van der Waals surface area contributed by atoms with Crippen LogP contribution in [0.1, 0.15) is 0 Å². The van der Waals surface area contributed by atoms with E-state index in [2.05, 4.69) is 0 Å². The number of hydrogen-bond donors (Lipinski definition) is 0. The molecule has 0 spiro atoms. The molecule has 0 N–H and O–H groups in total. The van der Waals surface area contributed by atoms with Gasteiger partial charge in [0.05, 0.1) is 0 Å². The minimum absolute atomic E-state index is 0. The molecule has 0 amide bonds. The Labute approximate surface area is 105 Å². The molecule has 0 heterocycles. The van der Waals surface area contributed by atoms with Crippen molar-refractivity contribution in [3.05, 3.63) is 0 Å². The van der Waals surface area contributed by atoms with Gasteiger partial charge in [-0.2, -0.15) is 0 Å². The van der Waals surface area contributed by atoms with Crippen LogP contribution in [0.3, 0.4) is 0 Å². The fourth-order valence-electron chi connectivity index (χ4n) is 0. The zero-order valence-electron chi connectivity index (χ0n) is 2.05. The Morgan fingerprint density at radius 1 is 1.00 bits per heavy atom. The van der Waals surface area contributed by atoms with E-state index in [1.165, 1.54) is 0 Å². The molecule has 0 saturated carbocycles. The summed E-state index contributed by atoms with van der Waals surface area (Å²) >= 11 is 0. The molecule has 0 fully saturated rings. The van der Waals surface area contributed by atoms with Gasteiger partial charge in [0, 0.05) is 107 Å². The average Bonchev–Trinajstić information content (AvgIpc) is 0. The first-order valence-electron chi connectivity index (χ1n) is 0. The molecule has 0 rings (SSSR count). The Hall–Kier alpha value is 3.48. The van der Waals surface area contributed by atoms with Crippen LogP contribution in [0.4, 0.5) is 0 Å². The fraction of sp³-hybridized carbons (Fsp3) is 0. The van der Waals surface area contributed by atoms with Crippen molar-refractivity contribution in [3.63, 3.8) is 0 Å². The Bertz CT molecular complexity index is 11.6. The summed E-state index contributed by atoms with van der Waals surface area (Å²) in [5, 5.41) is 0. The summed E-state index contributed by atoms with van der Waals surface area (Å²) in [7, 11) is 0. The van der Waals surface area contributed by atoms with E-state index in [0.29, 0.717) is 0 Å². The van der Waals surface area contributed by atoms with Gasteiger partial charge in [-0.05, 0) is 0 Å². The second-order valence-electron chi connectivity index (χ2n) is 0. The predicted molar refractivity (Wildman–Crippen MR) is 17.3 cm³/mol. The van der Waals surface area contributed by atoms with Crippen LogP contribution in [-0.2, 0) is 39.4 Å². The van der Waals surface area contributed by atoms with Crippen LogP contribution in [0.25, 0.3) is 0 Å². The van der Waals surface area contributed by atoms with E-state index in [-0.39, 0.29) is 107 Å². The van der Waals surface area contributed by atoms with Crippen LogP contribution >= 0.6 is 0 Å². The van der Waals surface area contributed by atoms with E-state index in [9.17, 15) is 0 Å². The van der Waals surface area contributed by atoms with Gasteiger partial charge in [-0.1, -0.05) is 0 Å². The standard InChI is InChI=1S/Ag.Bi.Cu.Ge.Sn.